The first-order chi connectivity index (χ1) is 9.10. The van der Waals surface area contributed by atoms with Crippen LogP contribution >= 0.6 is 0 Å². The zero-order valence-corrected chi connectivity index (χ0v) is 10.6. The summed E-state index contributed by atoms with van der Waals surface area (Å²) in [7, 11) is 1.46. The normalized spacial score (nSPS) is 14.4. The zero-order chi connectivity index (χ0) is 13.8. The minimum absolute atomic E-state index is 0.0970. The van der Waals surface area contributed by atoms with Crippen molar-refractivity contribution < 1.29 is 19.4 Å². The van der Waals surface area contributed by atoms with Crippen LogP contribution in [0.5, 0.6) is 5.75 Å². The number of nitrogens with one attached hydrogen (secondary N) is 2. The van der Waals surface area contributed by atoms with Crippen molar-refractivity contribution in [1.82, 2.24) is 5.32 Å². The third-order valence-corrected chi connectivity index (χ3v) is 3.14. The fourth-order valence-electron chi connectivity index (χ4n) is 1.84. The van der Waals surface area contributed by atoms with E-state index in [1.807, 2.05) is 0 Å². The molecule has 102 valence electrons. The van der Waals surface area contributed by atoms with Crippen LogP contribution in [0.4, 0.5) is 10.5 Å². The minimum Gasteiger partial charge on any atom is -0.495 e. The first-order valence-corrected chi connectivity index (χ1v) is 6.09. The number of carboxylic acids is 1. The minimum atomic E-state index is -1.05. The highest BCUT2D eigenvalue weighted by molar-refractivity contribution is 5.94. The van der Waals surface area contributed by atoms with Gasteiger partial charge < -0.3 is 20.5 Å². The van der Waals surface area contributed by atoms with Crippen LogP contribution < -0.4 is 15.4 Å². The molecular formula is C13H16N2O4. The Morgan fingerprint density at radius 2 is 2.11 bits per heavy atom. The quantitative estimate of drug-likeness (QED) is 0.776. The van der Waals surface area contributed by atoms with Gasteiger partial charge in [0.25, 0.3) is 0 Å². The smallest absolute Gasteiger partial charge is 0.335 e. The van der Waals surface area contributed by atoms with Crippen molar-refractivity contribution in [3.8, 4) is 5.75 Å². The number of carbonyl (C=O) groups excluding carboxylic acids is 1. The second-order valence-electron chi connectivity index (χ2n) is 4.45. The average molecular weight is 264 g/mol. The molecule has 0 saturated heterocycles. The number of ether oxygens (including phenoxy) is 1. The Morgan fingerprint density at radius 3 is 2.63 bits per heavy atom. The average Bonchev–Trinajstić information content (AvgIpc) is 2.33. The molecule has 0 unspecified atom stereocenters. The maximum atomic E-state index is 11.7. The molecule has 1 aliphatic carbocycles. The largest absolute Gasteiger partial charge is 0.495 e. The van der Waals surface area contributed by atoms with Crippen molar-refractivity contribution in [1.29, 1.82) is 0 Å². The lowest BCUT2D eigenvalue weighted by molar-refractivity contribution is 0.0697. The summed E-state index contributed by atoms with van der Waals surface area (Å²) < 4.78 is 5.09. The van der Waals surface area contributed by atoms with Crippen molar-refractivity contribution in [2.24, 2.45) is 0 Å². The molecule has 19 heavy (non-hydrogen) atoms. The summed E-state index contributed by atoms with van der Waals surface area (Å²) in [5, 5.41) is 14.4. The highest BCUT2D eigenvalue weighted by atomic mass is 16.5. The van der Waals surface area contributed by atoms with Gasteiger partial charge in [0.15, 0.2) is 0 Å². The SMILES string of the molecule is COc1ccc(C(=O)O)cc1NC(=O)NC1CCC1. The van der Waals surface area contributed by atoms with E-state index in [2.05, 4.69) is 10.6 Å². The number of anilines is 1. The van der Waals surface area contributed by atoms with Gasteiger partial charge in [-0.3, -0.25) is 0 Å². The molecule has 6 nitrogen and oxygen atoms in total. The van der Waals surface area contributed by atoms with E-state index in [0.29, 0.717) is 11.4 Å². The number of methoxy groups -OCH3 is 1. The van der Waals surface area contributed by atoms with Gasteiger partial charge >= 0.3 is 12.0 Å². The van der Waals surface area contributed by atoms with Gasteiger partial charge in [0.05, 0.1) is 18.4 Å². The van der Waals surface area contributed by atoms with Crippen LogP contribution in [0.1, 0.15) is 29.6 Å². The number of carbonyl (C=O) groups is 2. The van der Waals surface area contributed by atoms with Gasteiger partial charge in [-0.25, -0.2) is 9.59 Å². The number of carboxylic acid groups (broad SMARTS) is 1. The summed E-state index contributed by atoms with van der Waals surface area (Å²) in [5.41, 5.74) is 0.443. The second-order valence-corrected chi connectivity index (χ2v) is 4.45. The number of hydrogen-bond acceptors (Lipinski definition) is 3. The van der Waals surface area contributed by atoms with Crippen LogP contribution in [0.3, 0.4) is 0 Å². The van der Waals surface area contributed by atoms with Gasteiger partial charge in [-0.05, 0) is 37.5 Å². The van der Waals surface area contributed by atoms with E-state index in [9.17, 15) is 9.59 Å². The molecule has 1 aromatic carbocycles. The van der Waals surface area contributed by atoms with Crippen molar-refractivity contribution in [2.75, 3.05) is 12.4 Å². The molecule has 0 radical (unpaired) electrons. The molecule has 1 aliphatic rings. The lowest BCUT2D eigenvalue weighted by Crippen LogP contribution is -2.41. The van der Waals surface area contributed by atoms with Crippen LogP contribution in [0.2, 0.25) is 0 Å². The summed E-state index contributed by atoms with van der Waals surface area (Å²) in [6, 6.07) is 4.19. The molecule has 2 amide bonds. The first-order valence-electron chi connectivity index (χ1n) is 6.09. The molecule has 6 heteroatoms. The Labute approximate surface area is 110 Å². The van der Waals surface area contributed by atoms with Crippen LogP contribution in [0.15, 0.2) is 18.2 Å². The number of rotatable bonds is 4. The van der Waals surface area contributed by atoms with Crippen molar-refractivity contribution in [2.45, 2.75) is 25.3 Å². The monoisotopic (exact) mass is 264 g/mol. The molecule has 1 fully saturated rings. The van der Waals surface area contributed by atoms with Crippen molar-refractivity contribution in [3.63, 3.8) is 0 Å². The van der Waals surface area contributed by atoms with Gasteiger partial charge in [0.2, 0.25) is 0 Å². The Morgan fingerprint density at radius 1 is 1.37 bits per heavy atom. The van der Waals surface area contributed by atoms with E-state index in [4.69, 9.17) is 9.84 Å². The van der Waals surface area contributed by atoms with E-state index in [1.165, 1.54) is 25.3 Å². The van der Waals surface area contributed by atoms with E-state index >= 15 is 0 Å². The molecule has 3 N–H and O–H groups in total. The molecule has 1 saturated carbocycles. The standard InChI is InChI=1S/C13H16N2O4/c1-19-11-6-5-8(12(16)17)7-10(11)15-13(18)14-9-3-2-4-9/h5-7,9H,2-4H2,1H3,(H,16,17)(H2,14,15,18). The molecule has 0 bridgehead atoms. The van der Waals surface area contributed by atoms with Crippen molar-refractivity contribution >= 4 is 17.7 Å². The van der Waals surface area contributed by atoms with Crippen molar-refractivity contribution in [3.05, 3.63) is 23.8 Å². The maximum Gasteiger partial charge on any atom is 0.335 e. The third-order valence-electron chi connectivity index (χ3n) is 3.14. The van der Waals surface area contributed by atoms with Gasteiger partial charge in [0, 0.05) is 6.04 Å². The van der Waals surface area contributed by atoms with Crippen LogP contribution in [0.25, 0.3) is 0 Å². The predicted molar refractivity (Wildman–Crippen MR) is 69.7 cm³/mol. The Balaban J connectivity index is 2.09. The summed E-state index contributed by atoms with van der Waals surface area (Å²) >= 11 is 0. The van der Waals surface area contributed by atoms with Gasteiger partial charge in [-0.2, -0.15) is 0 Å². The third kappa shape index (κ3) is 3.15. The molecule has 2 rings (SSSR count). The van der Waals surface area contributed by atoms with Crippen LogP contribution in [-0.4, -0.2) is 30.3 Å². The lowest BCUT2D eigenvalue weighted by Gasteiger charge is -2.26. The first kappa shape index (κ1) is 13.2. The second kappa shape index (κ2) is 5.60. The number of aromatic carboxylic acids is 1. The fraction of sp³-hybridized carbons (Fsp3) is 0.385. The Bertz CT molecular complexity index is 497. The Kier molecular flexibility index (Phi) is 3.89. The van der Waals surface area contributed by atoms with E-state index in [1.54, 1.807) is 0 Å². The highest BCUT2D eigenvalue weighted by Crippen LogP contribution is 2.26. The molecule has 0 heterocycles. The number of hydrogen-bond donors (Lipinski definition) is 3. The number of urea groups is 1. The number of benzene rings is 1. The maximum absolute atomic E-state index is 11.7. The Hall–Kier alpha value is -2.24. The van der Waals surface area contributed by atoms with Gasteiger partial charge in [-0.1, -0.05) is 0 Å². The van der Waals surface area contributed by atoms with Gasteiger partial charge in [0.1, 0.15) is 5.75 Å². The summed E-state index contributed by atoms with van der Waals surface area (Å²) in [5.74, 6) is -0.626. The van der Waals surface area contributed by atoms with Crippen LogP contribution in [-0.2, 0) is 0 Å². The molecule has 0 atom stereocenters. The molecule has 0 aliphatic heterocycles. The summed E-state index contributed by atoms with van der Waals surface area (Å²) in [6.07, 6.45) is 3.10. The zero-order valence-electron chi connectivity index (χ0n) is 10.6. The topological polar surface area (TPSA) is 87.7 Å². The van der Waals surface area contributed by atoms with E-state index in [0.717, 1.165) is 19.3 Å². The van der Waals surface area contributed by atoms with Gasteiger partial charge in [-0.15, -0.1) is 0 Å². The summed E-state index contributed by atoms with van der Waals surface area (Å²) in [4.78, 5) is 22.6. The molecule has 0 spiro atoms. The molecule has 0 aromatic heterocycles. The predicted octanol–water partition coefficient (Wildman–Crippen LogP) is 2.07. The highest BCUT2D eigenvalue weighted by Gasteiger charge is 2.20. The lowest BCUT2D eigenvalue weighted by atomic mass is 9.93. The van der Waals surface area contributed by atoms with E-state index < -0.39 is 5.97 Å². The van der Waals surface area contributed by atoms with E-state index in [-0.39, 0.29) is 17.6 Å². The molecular weight excluding hydrogens is 248 g/mol. The fourth-order valence-corrected chi connectivity index (χ4v) is 1.84. The number of amides is 2. The van der Waals surface area contributed by atoms with Crippen LogP contribution in [0, 0.1) is 0 Å². The summed E-state index contributed by atoms with van der Waals surface area (Å²) in [6.45, 7) is 0. The molecule has 1 aromatic rings.